The molecule has 1 aromatic carbocycles. The third kappa shape index (κ3) is 3.11. The Morgan fingerprint density at radius 1 is 1.05 bits per heavy atom. The molecule has 0 atom stereocenters. The Labute approximate surface area is 130 Å². The van der Waals surface area contributed by atoms with Crippen LogP contribution in [0, 0.1) is 12.3 Å². The summed E-state index contributed by atoms with van der Waals surface area (Å²) in [5, 5.41) is 0. The Morgan fingerprint density at radius 2 is 1.64 bits per heavy atom. The first-order chi connectivity index (χ1) is 10.2. The Morgan fingerprint density at radius 3 is 2.14 bits per heavy atom. The molecule has 0 radical (unpaired) electrons. The molecule has 0 aliphatic carbocycles. The highest BCUT2D eigenvalue weighted by Crippen LogP contribution is 2.28. The molecule has 0 saturated carbocycles. The van der Waals surface area contributed by atoms with Gasteiger partial charge in [0.05, 0.1) is 12.7 Å². The maximum Gasteiger partial charge on any atom is 0.340 e. The second-order valence-corrected chi connectivity index (χ2v) is 6.41. The standard InChI is InChI=1S/C18H21NO3/c1-12-6-8-13(9-7-12)14-10-19(17(21)18(2,3)4)11-15(14)16(20)22-5/h6-11H,1-5H3. The van der Waals surface area contributed by atoms with Crippen molar-refractivity contribution in [3.05, 3.63) is 47.8 Å². The Bertz CT molecular complexity index is 703. The third-order valence-electron chi connectivity index (χ3n) is 3.47. The van der Waals surface area contributed by atoms with Gasteiger partial charge in [0.1, 0.15) is 0 Å². The van der Waals surface area contributed by atoms with Crippen molar-refractivity contribution in [2.75, 3.05) is 7.11 Å². The number of rotatable bonds is 2. The van der Waals surface area contributed by atoms with E-state index >= 15 is 0 Å². The van der Waals surface area contributed by atoms with E-state index in [-0.39, 0.29) is 5.91 Å². The Kier molecular flexibility index (Phi) is 4.22. The number of nitrogens with zero attached hydrogens (tertiary/aromatic N) is 1. The smallest absolute Gasteiger partial charge is 0.340 e. The molecule has 1 heterocycles. The van der Waals surface area contributed by atoms with Crippen LogP contribution in [0.15, 0.2) is 36.7 Å². The van der Waals surface area contributed by atoms with Crippen LogP contribution in [-0.4, -0.2) is 23.6 Å². The lowest BCUT2D eigenvalue weighted by Crippen LogP contribution is -2.25. The van der Waals surface area contributed by atoms with E-state index in [1.165, 1.54) is 11.7 Å². The van der Waals surface area contributed by atoms with Crippen LogP contribution in [-0.2, 0) is 4.74 Å². The van der Waals surface area contributed by atoms with Crippen molar-refractivity contribution in [3.8, 4) is 11.1 Å². The molecule has 0 fully saturated rings. The van der Waals surface area contributed by atoms with Crippen molar-refractivity contribution < 1.29 is 14.3 Å². The topological polar surface area (TPSA) is 48.3 Å². The monoisotopic (exact) mass is 299 g/mol. The van der Waals surface area contributed by atoms with Gasteiger partial charge in [0.2, 0.25) is 5.91 Å². The summed E-state index contributed by atoms with van der Waals surface area (Å²) in [6.45, 7) is 7.54. The van der Waals surface area contributed by atoms with Crippen LogP contribution in [0.2, 0.25) is 0 Å². The predicted octanol–water partition coefficient (Wildman–Crippen LogP) is 3.94. The molecule has 22 heavy (non-hydrogen) atoms. The fourth-order valence-corrected chi connectivity index (χ4v) is 2.19. The van der Waals surface area contributed by atoms with E-state index in [1.807, 2.05) is 52.0 Å². The summed E-state index contributed by atoms with van der Waals surface area (Å²) in [6, 6.07) is 7.81. The molecule has 0 unspecified atom stereocenters. The van der Waals surface area contributed by atoms with Crippen molar-refractivity contribution in [3.63, 3.8) is 0 Å². The molecule has 2 aromatic rings. The zero-order valence-corrected chi connectivity index (χ0v) is 13.6. The van der Waals surface area contributed by atoms with Gasteiger partial charge in [-0.1, -0.05) is 50.6 Å². The predicted molar refractivity (Wildman–Crippen MR) is 86.0 cm³/mol. The summed E-state index contributed by atoms with van der Waals surface area (Å²) in [7, 11) is 1.34. The van der Waals surface area contributed by atoms with Crippen LogP contribution in [0.4, 0.5) is 0 Å². The molecule has 2 rings (SSSR count). The fraction of sp³-hybridized carbons (Fsp3) is 0.333. The van der Waals surface area contributed by atoms with Crippen LogP contribution in [0.1, 0.15) is 41.5 Å². The van der Waals surface area contributed by atoms with E-state index in [4.69, 9.17) is 4.74 Å². The summed E-state index contributed by atoms with van der Waals surface area (Å²) in [5.41, 5.74) is 2.57. The van der Waals surface area contributed by atoms with Crippen molar-refractivity contribution in [1.29, 1.82) is 0 Å². The molecule has 1 aromatic heterocycles. The minimum absolute atomic E-state index is 0.0731. The number of benzene rings is 1. The second kappa shape index (κ2) is 5.79. The van der Waals surface area contributed by atoms with Gasteiger partial charge in [0, 0.05) is 23.4 Å². The molecule has 4 nitrogen and oxygen atoms in total. The summed E-state index contributed by atoms with van der Waals surface area (Å²) in [4.78, 5) is 24.5. The first-order valence-electron chi connectivity index (χ1n) is 7.16. The number of methoxy groups -OCH3 is 1. The van der Waals surface area contributed by atoms with E-state index in [0.29, 0.717) is 11.1 Å². The normalized spacial score (nSPS) is 11.3. The zero-order chi connectivity index (χ0) is 16.5. The summed E-state index contributed by atoms with van der Waals surface area (Å²) >= 11 is 0. The lowest BCUT2D eigenvalue weighted by atomic mass is 9.96. The summed E-state index contributed by atoms with van der Waals surface area (Å²) in [5.74, 6) is -0.521. The van der Waals surface area contributed by atoms with E-state index in [0.717, 1.165) is 11.1 Å². The first-order valence-corrected chi connectivity index (χ1v) is 7.16. The zero-order valence-electron chi connectivity index (χ0n) is 13.6. The van der Waals surface area contributed by atoms with Gasteiger partial charge in [-0.3, -0.25) is 9.36 Å². The van der Waals surface area contributed by atoms with Crippen LogP contribution < -0.4 is 0 Å². The van der Waals surface area contributed by atoms with Crippen molar-refractivity contribution >= 4 is 11.9 Å². The number of carbonyl (C=O) groups excluding carboxylic acids is 2. The van der Waals surface area contributed by atoms with Gasteiger partial charge in [-0.25, -0.2) is 4.79 Å². The van der Waals surface area contributed by atoms with Crippen molar-refractivity contribution in [2.45, 2.75) is 27.7 Å². The summed E-state index contributed by atoms with van der Waals surface area (Å²) in [6.07, 6.45) is 3.25. The fourth-order valence-electron chi connectivity index (χ4n) is 2.19. The minimum atomic E-state index is -0.531. The number of aromatic nitrogens is 1. The van der Waals surface area contributed by atoms with Gasteiger partial charge >= 0.3 is 5.97 Å². The number of hydrogen-bond donors (Lipinski definition) is 0. The van der Waals surface area contributed by atoms with Gasteiger partial charge in [-0.15, -0.1) is 0 Å². The maximum absolute atomic E-state index is 12.4. The number of esters is 1. The molecule has 0 spiro atoms. The summed E-state index contributed by atoms with van der Waals surface area (Å²) < 4.78 is 6.31. The number of aryl methyl sites for hydroxylation is 1. The molecule has 0 N–H and O–H groups in total. The van der Waals surface area contributed by atoms with Crippen LogP contribution in [0.25, 0.3) is 11.1 Å². The van der Waals surface area contributed by atoms with Crippen LogP contribution in [0.3, 0.4) is 0 Å². The largest absolute Gasteiger partial charge is 0.465 e. The van der Waals surface area contributed by atoms with Gasteiger partial charge in [0.25, 0.3) is 0 Å². The van der Waals surface area contributed by atoms with E-state index in [1.54, 1.807) is 12.4 Å². The van der Waals surface area contributed by atoms with Gasteiger partial charge in [-0.2, -0.15) is 0 Å². The Balaban J connectivity index is 2.57. The molecule has 0 aliphatic heterocycles. The number of carbonyl (C=O) groups is 2. The molecule has 0 saturated heterocycles. The SMILES string of the molecule is COC(=O)c1cn(C(=O)C(C)(C)C)cc1-c1ccc(C)cc1. The highest BCUT2D eigenvalue weighted by atomic mass is 16.5. The molecule has 116 valence electrons. The first kappa shape index (κ1) is 16.0. The maximum atomic E-state index is 12.4. The van der Waals surface area contributed by atoms with E-state index in [2.05, 4.69) is 0 Å². The van der Waals surface area contributed by atoms with Crippen LogP contribution >= 0.6 is 0 Å². The van der Waals surface area contributed by atoms with Crippen molar-refractivity contribution in [2.24, 2.45) is 5.41 Å². The minimum Gasteiger partial charge on any atom is -0.465 e. The highest BCUT2D eigenvalue weighted by Gasteiger charge is 2.26. The molecular weight excluding hydrogens is 278 g/mol. The average molecular weight is 299 g/mol. The Hall–Kier alpha value is -2.36. The third-order valence-corrected chi connectivity index (χ3v) is 3.47. The van der Waals surface area contributed by atoms with Crippen LogP contribution in [0.5, 0.6) is 0 Å². The lowest BCUT2D eigenvalue weighted by Gasteiger charge is -2.16. The number of hydrogen-bond acceptors (Lipinski definition) is 3. The molecule has 0 bridgehead atoms. The number of ether oxygens (including phenoxy) is 1. The quantitative estimate of drug-likeness (QED) is 0.789. The lowest BCUT2D eigenvalue weighted by molar-refractivity contribution is 0.0601. The van der Waals surface area contributed by atoms with Gasteiger partial charge in [0.15, 0.2) is 0 Å². The van der Waals surface area contributed by atoms with Gasteiger partial charge < -0.3 is 4.74 Å². The van der Waals surface area contributed by atoms with Crippen molar-refractivity contribution in [1.82, 2.24) is 4.57 Å². The highest BCUT2D eigenvalue weighted by molar-refractivity contribution is 5.99. The second-order valence-electron chi connectivity index (χ2n) is 6.41. The molecule has 4 heteroatoms. The average Bonchev–Trinajstić information content (AvgIpc) is 2.90. The van der Waals surface area contributed by atoms with E-state index in [9.17, 15) is 9.59 Å². The molecule has 0 aliphatic rings. The molecular formula is C18H21NO3. The van der Waals surface area contributed by atoms with Gasteiger partial charge in [-0.05, 0) is 12.5 Å². The molecule has 0 amide bonds. The van der Waals surface area contributed by atoms with E-state index < -0.39 is 11.4 Å².